The lowest BCUT2D eigenvalue weighted by molar-refractivity contribution is 0.0319. The average molecular weight is 313 g/mol. The number of hydrogen-bond acceptors (Lipinski definition) is 8. The molecule has 1 aliphatic rings. The minimum atomic E-state index is -0.262. The highest BCUT2D eigenvalue weighted by Crippen LogP contribution is 2.24. The largest absolute Gasteiger partial charge is 0.366 e. The van der Waals surface area contributed by atoms with Crippen LogP contribution in [0, 0.1) is 6.92 Å². The summed E-state index contributed by atoms with van der Waals surface area (Å²) in [5, 5.41) is 16.0. The molecule has 0 N–H and O–H groups in total. The van der Waals surface area contributed by atoms with Crippen molar-refractivity contribution in [3.05, 3.63) is 42.0 Å². The lowest BCUT2D eigenvalue weighted by Gasteiger charge is -2.31. The van der Waals surface area contributed by atoms with E-state index >= 15 is 0 Å². The van der Waals surface area contributed by atoms with E-state index in [9.17, 15) is 0 Å². The van der Waals surface area contributed by atoms with Gasteiger partial charge in [0.1, 0.15) is 6.10 Å². The van der Waals surface area contributed by atoms with Crippen LogP contribution in [0.4, 0.5) is 5.95 Å². The predicted molar refractivity (Wildman–Crippen MR) is 79.1 cm³/mol. The number of benzene rings is 1. The molecule has 0 bridgehead atoms. The van der Waals surface area contributed by atoms with E-state index in [-0.39, 0.29) is 6.10 Å². The molecular weight excluding hydrogens is 298 g/mol. The molecule has 0 radical (unpaired) electrons. The number of para-hydroxylation sites is 1. The Bertz CT molecular complexity index is 785. The molecular formula is C14H15N7O2. The quantitative estimate of drug-likeness (QED) is 0.705. The van der Waals surface area contributed by atoms with Crippen molar-refractivity contribution in [1.29, 1.82) is 0 Å². The van der Waals surface area contributed by atoms with Gasteiger partial charge in [-0.3, -0.25) is 0 Å². The maximum Gasteiger partial charge on any atom is 0.250 e. The number of rotatable bonds is 3. The van der Waals surface area contributed by atoms with Gasteiger partial charge >= 0.3 is 0 Å². The summed E-state index contributed by atoms with van der Waals surface area (Å²) in [5.74, 6) is 1.74. The van der Waals surface area contributed by atoms with Gasteiger partial charge in [-0.1, -0.05) is 28.5 Å². The third-order valence-electron chi connectivity index (χ3n) is 3.63. The second-order valence-electron chi connectivity index (χ2n) is 5.20. The molecule has 1 fully saturated rings. The zero-order valence-corrected chi connectivity index (χ0v) is 12.5. The molecule has 3 heterocycles. The Morgan fingerprint density at radius 1 is 1.22 bits per heavy atom. The fourth-order valence-electron chi connectivity index (χ4n) is 2.55. The maximum atomic E-state index is 5.75. The van der Waals surface area contributed by atoms with E-state index in [1.165, 1.54) is 0 Å². The Labute approximate surface area is 131 Å². The van der Waals surface area contributed by atoms with E-state index in [1.807, 2.05) is 30.3 Å². The molecule has 0 amide bonds. The van der Waals surface area contributed by atoms with Gasteiger partial charge in [-0.05, 0) is 22.6 Å². The minimum Gasteiger partial charge on any atom is -0.366 e. The summed E-state index contributed by atoms with van der Waals surface area (Å²) in [4.78, 5) is 6.31. The Morgan fingerprint density at radius 3 is 2.87 bits per heavy atom. The number of morpholine rings is 1. The van der Waals surface area contributed by atoms with Gasteiger partial charge in [-0.15, -0.1) is 0 Å². The number of nitrogens with zero attached hydrogens (tertiary/aromatic N) is 7. The van der Waals surface area contributed by atoms with Gasteiger partial charge in [0, 0.05) is 13.5 Å². The van der Waals surface area contributed by atoms with Crippen molar-refractivity contribution >= 4 is 5.95 Å². The van der Waals surface area contributed by atoms with E-state index in [1.54, 1.807) is 11.6 Å². The summed E-state index contributed by atoms with van der Waals surface area (Å²) in [6.07, 6.45) is -0.262. The second kappa shape index (κ2) is 5.76. The van der Waals surface area contributed by atoms with E-state index in [0.717, 1.165) is 5.69 Å². The van der Waals surface area contributed by atoms with Crippen LogP contribution in [0.5, 0.6) is 0 Å². The van der Waals surface area contributed by atoms with Crippen molar-refractivity contribution in [3.8, 4) is 5.69 Å². The van der Waals surface area contributed by atoms with Gasteiger partial charge in [0.15, 0.2) is 0 Å². The standard InChI is InChI=1S/C14H15N7O2/c1-10-15-13(17-23-10)12-9-20(7-8-22-12)14-16-18-19-21(14)11-5-3-2-4-6-11/h2-6,12H,7-9H2,1H3/t12-/m0/s1. The fourth-order valence-corrected chi connectivity index (χ4v) is 2.55. The molecule has 118 valence electrons. The van der Waals surface area contributed by atoms with Crippen molar-refractivity contribution in [3.63, 3.8) is 0 Å². The third kappa shape index (κ3) is 2.66. The van der Waals surface area contributed by atoms with Gasteiger partial charge in [0.2, 0.25) is 11.7 Å². The molecule has 0 spiro atoms. The Kier molecular flexibility index (Phi) is 3.46. The second-order valence-corrected chi connectivity index (χ2v) is 5.20. The average Bonchev–Trinajstić information content (AvgIpc) is 3.25. The summed E-state index contributed by atoms with van der Waals surface area (Å²) in [6.45, 7) is 3.56. The van der Waals surface area contributed by atoms with Gasteiger partial charge in [0.05, 0.1) is 18.8 Å². The first kappa shape index (κ1) is 13.8. The molecule has 9 nitrogen and oxygen atoms in total. The molecule has 1 atom stereocenters. The van der Waals surface area contributed by atoms with Gasteiger partial charge in [0.25, 0.3) is 5.95 Å². The number of hydrogen-bond donors (Lipinski definition) is 0. The Morgan fingerprint density at radius 2 is 2.09 bits per heavy atom. The van der Waals surface area contributed by atoms with Crippen LogP contribution < -0.4 is 4.90 Å². The highest BCUT2D eigenvalue weighted by atomic mass is 16.5. The van der Waals surface area contributed by atoms with Crippen molar-refractivity contribution in [2.45, 2.75) is 13.0 Å². The molecule has 23 heavy (non-hydrogen) atoms. The molecule has 9 heteroatoms. The first-order valence-corrected chi connectivity index (χ1v) is 7.32. The van der Waals surface area contributed by atoms with Crippen LogP contribution in [0.15, 0.2) is 34.9 Å². The van der Waals surface area contributed by atoms with Crippen molar-refractivity contribution in [1.82, 2.24) is 30.3 Å². The molecule has 0 unspecified atom stereocenters. The van der Waals surface area contributed by atoms with Crippen LogP contribution in [-0.2, 0) is 4.74 Å². The maximum absolute atomic E-state index is 5.75. The van der Waals surface area contributed by atoms with Crippen LogP contribution in [-0.4, -0.2) is 50.0 Å². The number of aromatic nitrogens is 6. The molecule has 1 saturated heterocycles. The predicted octanol–water partition coefficient (Wildman–Crippen LogP) is 0.932. The molecule has 2 aromatic heterocycles. The number of tetrazole rings is 1. The first-order chi connectivity index (χ1) is 11.3. The smallest absolute Gasteiger partial charge is 0.250 e. The SMILES string of the molecule is Cc1nc([C@@H]2CN(c3nnnn3-c3ccccc3)CCO2)no1. The zero-order chi connectivity index (χ0) is 15.6. The third-order valence-corrected chi connectivity index (χ3v) is 3.63. The van der Waals surface area contributed by atoms with Crippen molar-refractivity contribution in [2.75, 3.05) is 24.6 Å². The number of ether oxygens (including phenoxy) is 1. The van der Waals surface area contributed by atoms with Crippen LogP contribution in [0.3, 0.4) is 0 Å². The highest BCUT2D eigenvalue weighted by Gasteiger charge is 2.28. The van der Waals surface area contributed by atoms with E-state index in [0.29, 0.717) is 37.4 Å². The molecule has 0 aliphatic carbocycles. The number of aryl methyl sites for hydroxylation is 1. The molecule has 0 saturated carbocycles. The monoisotopic (exact) mass is 313 g/mol. The number of anilines is 1. The van der Waals surface area contributed by atoms with Gasteiger partial charge < -0.3 is 14.2 Å². The van der Waals surface area contributed by atoms with E-state index in [2.05, 4.69) is 30.6 Å². The molecule has 1 aliphatic heterocycles. The summed E-state index contributed by atoms with van der Waals surface area (Å²) >= 11 is 0. The zero-order valence-electron chi connectivity index (χ0n) is 12.5. The first-order valence-electron chi connectivity index (χ1n) is 7.32. The molecule has 3 aromatic rings. The topological polar surface area (TPSA) is 95.0 Å². The Hall–Kier alpha value is -2.81. The van der Waals surface area contributed by atoms with Crippen molar-refractivity contribution < 1.29 is 9.26 Å². The van der Waals surface area contributed by atoms with Gasteiger partial charge in [-0.25, -0.2) is 0 Å². The fraction of sp³-hybridized carbons (Fsp3) is 0.357. The van der Waals surface area contributed by atoms with Crippen LogP contribution in [0.25, 0.3) is 5.69 Å². The van der Waals surface area contributed by atoms with E-state index < -0.39 is 0 Å². The van der Waals surface area contributed by atoms with Gasteiger partial charge in [-0.2, -0.15) is 9.67 Å². The van der Waals surface area contributed by atoms with Crippen LogP contribution in [0.1, 0.15) is 17.8 Å². The minimum absolute atomic E-state index is 0.262. The Balaban J connectivity index is 1.60. The van der Waals surface area contributed by atoms with Crippen LogP contribution in [0.2, 0.25) is 0 Å². The molecule has 4 rings (SSSR count). The molecule has 1 aromatic carbocycles. The highest BCUT2D eigenvalue weighted by molar-refractivity contribution is 5.41. The summed E-state index contributed by atoms with van der Waals surface area (Å²) in [5.41, 5.74) is 0.908. The normalized spacial score (nSPS) is 18.3. The summed E-state index contributed by atoms with van der Waals surface area (Å²) in [7, 11) is 0. The van der Waals surface area contributed by atoms with Crippen molar-refractivity contribution in [2.24, 2.45) is 0 Å². The van der Waals surface area contributed by atoms with E-state index in [4.69, 9.17) is 9.26 Å². The lowest BCUT2D eigenvalue weighted by atomic mass is 10.2. The summed E-state index contributed by atoms with van der Waals surface area (Å²) < 4.78 is 12.5. The summed E-state index contributed by atoms with van der Waals surface area (Å²) in [6, 6.07) is 9.77. The van der Waals surface area contributed by atoms with Crippen LogP contribution >= 0.6 is 0 Å². The lowest BCUT2D eigenvalue weighted by Crippen LogP contribution is -2.40.